The van der Waals surface area contributed by atoms with Gasteiger partial charge in [0.25, 0.3) is 0 Å². The highest BCUT2D eigenvalue weighted by atomic mass is 35.5. The molecule has 6 nitrogen and oxygen atoms in total. The summed E-state index contributed by atoms with van der Waals surface area (Å²) in [5.74, 6) is 1.50. The Labute approximate surface area is 164 Å². The van der Waals surface area contributed by atoms with Crippen molar-refractivity contribution in [2.24, 2.45) is 0 Å². The Morgan fingerprint density at radius 2 is 2.00 bits per heavy atom. The summed E-state index contributed by atoms with van der Waals surface area (Å²) in [6.45, 7) is 5.96. The maximum absolute atomic E-state index is 12.6. The minimum Gasteiger partial charge on any atom is -0.441 e. The van der Waals surface area contributed by atoms with Crippen LogP contribution in [0.1, 0.15) is 18.7 Å². The monoisotopic (exact) mass is 388 g/mol. The van der Waals surface area contributed by atoms with Gasteiger partial charge in [-0.15, -0.1) is 0 Å². The first kappa shape index (κ1) is 18.5. The Balaban J connectivity index is 1.28. The Kier molecular flexibility index (Phi) is 5.76. The first-order valence-corrected chi connectivity index (χ1v) is 10.00. The Hall–Kier alpha value is -1.89. The van der Waals surface area contributed by atoms with E-state index in [9.17, 15) is 4.79 Å². The van der Waals surface area contributed by atoms with Crippen molar-refractivity contribution in [3.8, 4) is 11.3 Å². The van der Waals surface area contributed by atoms with E-state index in [4.69, 9.17) is 16.0 Å². The van der Waals surface area contributed by atoms with E-state index < -0.39 is 0 Å². The van der Waals surface area contributed by atoms with E-state index in [1.807, 2.05) is 29.2 Å². The molecule has 1 amide bonds. The smallest absolute Gasteiger partial charge is 0.223 e. The first-order valence-electron chi connectivity index (χ1n) is 9.62. The van der Waals surface area contributed by atoms with Crippen LogP contribution in [0.3, 0.4) is 0 Å². The van der Waals surface area contributed by atoms with Crippen LogP contribution in [0.15, 0.2) is 34.9 Å². The van der Waals surface area contributed by atoms with Crippen LogP contribution in [0.2, 0.25) is 5.02 Å². The lowest BCUT2D eigenvalue weighted by atomic mass is 10.2. The molecule has 0 spiro atoms. The largest absolute Gasteiger partial charge is 0.441 e. The molecule has 1 atom stereocenters. The van der Waals surface area contributed by atoms with Crippen molar-refractivity contribution in [3.05, 3.63) is 41.4 Å². The summed E-state index contributed by atoms with van der Waals surface area (Å²) in [5, 5.41) is 4.07. The van der Waals surface area contributed by atoms with E-state index in [-0.39, 0.29) is 5.91 Å². The molecule has 1 aromatic carbocycles. The second kappa shape index (κ2) is 8.42. The zero-order chi connectivity index (χ0) is 18.6. The van der Waals surface area contributed by atoms with Crippen molar-refractivity contribution in [1.82, 2.24) is 20.1 Å². The molecule has 1 unspecified atom stereocenters. The number of oxazole rings is 1. The van der Waals surface area contributed by atoms with Crippen molar-refractivity contribution in [3.63, 3.8) is 0 Å². The zero-order valence-electron chi connectivity index (χ0n) is 15.4. The zero-order valence-corrected chi connectivity index (χ0v) is 16.1. The van der Waals surface area contributed by atoms with Gasteiger partial charge < -0.3 is 14.6 Å². The van der Waals surface area contributed by atoms with Crippen LogP contribution in [0.4, 0.5) is 0 Å². The second-order valence-electron chi connectivity index (χ2n) is 7.19. The lowest BCUT2D eigenvalue weighted by Gasteiger charge is -2.32. The number of carbonyl (C=O) groups is 1. The third-order valence-corrected chi connectivity index (χ3v) is 5.67. The number of nitrogens with zero attached hydrogens (tertiary/aromatic N) is 3. The quantitative estimate of drug-likeness (QED) is 0.852. The van der Waals surface area contributed by atoms with Gasteiger partial charge in [-0.05, 0) is 30.7 Å². The molecule has 2 saturated heterocycles. The number of rotatable bonds is 5. The summed E-state index contributed by atoms with van der Waals surface area (Å²) < 4.78 is 5.80. The molecule has 4 rings (SSSR count). The predicted molar refractivity (Wildman–Crippen MR) is 105 cm³/mol. The third-order valence-electron chi connectivity index (χ3n) is 5.42. The summed E-state index contributed by atoms with van der Waals surface area (Å²) in [4.78, 5) is 21.4. The molecule has 7 heteroatoms. The van der Waals surface area contributed by atoms with Gasteiger partial charge in [-0.3, -0.25) is 9.69 Å². The van der Waals surface area contributed by atoms with Gasteiger partial charge in [0, 0.05) is 68.7 Å². The van der Waals surface area contributed by atoms with Gasteiger partial charge in [0.1, 0.15) is 0 Å². The molecule has 2 aliphatic rings. The SMILES string of the molecule is O=C(CCc1ncc(-c2ccc(Cl)cc2)o1)N1CCC(N2CCNCC2)C1. The van der Waals surface area contributed by atoms with Crippen molar-refractivity contribution < 1.29 is 9.21 Å². The molecule has 27 heavy (non-hydrogen) atoms. The molecule has 2 aliphatic heterocycles. The fraction of sp³-hybridized carbons (Fsp3) is 0.500. The molecule has 0 bridgehead atoms. The van der Waals surface area contributed by atoms with Crippen LogP contribution >= 0.6 is 11.6 Å². The maximum Gasteiger partial charge on any atom is 0.223 e. The fourth-order valence-electron chi connectivity index (χ4n) is 3.86. The van der Waals surface area contributed by atoms with Crippen molar-refractivity contribution in [1.29, 1.82) is 0 Å². The number of benzene rings is 1. The van der Waals surface area contributed by atoms with E-state index >= 15 is 0 Å². The molecular formula is C20H25ClN4O2. The number of hydrogen-bond acceptors (Lipinski definition) is 5. The lowest BCUT2D eigenvalue weighted by molar-refractivity contribution is -0.130. The normalized spacial score (nSPS) is 20.9. The third kappa shape index (κ3) is 4.51. The number of aryl methyl sites for hydroxylation is 1. The fourth-order valence-corrected chi connectivity index (χ4v) is 3.99. The van der Waals surface area contributed by atoms with Gasteiger partial charge in [0.2, 0.25) is 5.91 Å². The van der Waals surface area contributed by atoms with Crippen LogP contribution in [0.5, 0.6) is 0 Å². The summed E-state index contributed by atoms with van der Waals surface area (Å²) in [6.07, 6.45) is 3.75. The minimum absolute atomic E-state index is 0.193. The molecule has 0 saturated carbocycles. The number of piperazine rings is 1. The predicted octanol–water partition coefficient (Wildman–Crippen LogP) is 2.43. The maximum atomic E-state index is 12.6. The highest BCUT2D eigenvalue weighted by Crippen LogP contribution is 2.23. The van der Waals surface area contributed by atoms with Gasteiger partial charge in [-0.2, -0.15) is 0 Å². The summed E-state index contributed by atoms with van der Waals surface area (Å²) in [5.41, 5.74) is 0.933. The van der Waals surface area contributed by atoms with Gasteiger partial charge in [0.05, 0.1) is 6.20 Å². The molecule has 144 valence electrons. The van der Waals surface area contributed by atoms with Crippen molar-refractivity contribution in [2.45, 2.75) is 25.3 Å². The number of carbonyl (C=O) groups excluding carboxylic acids is 1. The molecular weight excluding hydrogens is 364 g/mol. The molecule has 0 aliphatic carbocycles. The number of nitrogens with one attached hydrogen (secondary N) is 1. The Morgan fingerprint density at radius 1 is 1.22 bits per heavy atom. The van der Waals surface area contributed by atoms with E-state index in [0.717, 1.165) is 51.3 Å². The van der Waals surface area contributed by atoms with Crippen molar-refractivity contribution in [2.75, 3.05) is 39.3 Å². The van der Waals surface area contributed by atoms with Crippen LogP contribution < -0.4 is 5.32 Å². The Bertz CT molecular complexity index is 771. The van der Waals surface area contributed by atoms with Gasteiger partial charge in [-0.1, -0.05) is 11.6 Å². The number of aromatic nitrogens is 1. The Morgan fingerprint density at radius 3 is 2.78 bits per heavy atom. The minimum atomic E-state index is 0.193. The van der Waals surface area contributed by atoms with Crippen LogP contribution in [0, 0.1) is 0 Å². The second-order valence-corrected chi connectivity index (χ2v) is 7.63. The van der Waals surface area contributed by atoms with Crippen LogP contribution in [-0.2, 0) is 11.2 Å². The van der Waals surface area contributed by atoms with Crippen molar-refractivity contribution >= 4 is 17.5 Å². The molecule has 3 heterocycles. The average molecular weight is 389 g/mol. The van der Waals surface area contributed by atoms with Gasteiger partial charge in [-0.25, -0.2) is 4.98 Å². The first-order chi connectivity index (χ1) is 13.2. The number of amides is 1. The highest BCUT2D eigenvalue weighted by molar-refractivity contribution is 6.30. The standard InChI is InChI=1S/C20H25ClN4O2/c21-16-3-1-15(2-4-16)18-13-23-19(27-18)5-6-20(26)25-10-7-17(14-25)24-11-8-22-9-12-24/h1-4,13,17,22H,5-12,14H2. The topological polar surface area (TPSA) is 61.6 Å². The van der Waals surface area contributed by atoms with Gasteiger partial charge in [0.15, 0.2) is 11.7 Å². The number of hydrogen-bond donors (Lipinski definition) is 1. The average Bonchev–Trinajstić information content (AvgIpc) is 3.37. The number of halogens is 1. The van der Waals surface area contributed by atoms with Crippen LogP contribution in [0.25, 0.3) is 11.3 Å². The van der Waals surface area contributed by atoms with Gasteiger partial charge >= 0.3 is 0 Å². The van der Waals surface area contributed by atoms with E-state index in [0.29, 0.717) is 35.6 Å². The molecule has 2 aromatic rings. The highest BCUT2D eigenvalue weighted by Gasteiger charge is 2.30. The van der Waals surface area contributed by atoms with E-state index in [2.05, 4.69) is 15.2 Å². The summed E-state index contributed by atoms with van der Waals surface area (Å²) >= 11 is 5.92. The van der Waals surface area contributed by atoms with Crippen LogP contribution in [-0.4, -0.2) is 66.0 Å². The molecule has 2 fully saturated rings. The molecule has 1 N–H and O–H groups in total. The summed E-state index contributed by atoms with van der Waals surface area (Å²) in [6, 6.07) is 7.96. The number of likely N-dealkylation sites (tertiary alicyclic amines) is 1. The summed E-state index contributed by atoms with van der Waals surface area (Å²) in [7, 11) is 0. The molecule has 0 radical (unpaired) electrons. The van der Waals surface area contributed by atoms with E-state index in [1.54, 1.807) is 6.20 Å². The van der Waals surface area contributed by atoms with E-state index in [1.165, 1.54) is 0 Å². The lowest BCUT2D eigenvalue weighted by Crippen LogP contribution is -2.49. The molecule has 1 aromatic heterocycles.